The van der Waals surface area contributed by atoms with Gasteiger partial charge in [0.1, 0.15) is 5.75 Å². The number of fused-ring (bicyclic) bond motifs is 1. The zero-order valence-electron chi connectivity index (χ0n) is 13.0. The normalized spacial score (nSPS) is 19.0. The number of rotatable bonds is 4. The van der Waals surface area contributed by atoms with Crippen LogP contribution in [0.15, 0.2) is 48.5 Å². The number of benzene rings is 2. The minimum absolute atomic E-state index is 0.298. The highest BCUT2D eigenvalue weighted by molar-refractivity contribution is 5.74. The highest BCUT2D eigenvalue weighted by atomic mass is 16.5. The van der Waals surface area contributed by atoms with Crippen LogP contribution in [0.2, 0.25) is 0 Å². The molecule has 0 aliphatic heterocycles. The lowest BCUT2D eigenvalue weighted by Gasteiger charge is -2.18. The van der Waals surface area contributed by atoms with E-state index in [2.05, 4.69) is 10.6 Å². The smallest absolute Gasteiger partial charge is 0.315 e. The van der Waals surface area contributed by atoms with Gasteiger partial charge in [0.15, 0.2) is 0 Å². The van der Waals surface area contributed by atoms with Crippen molar-refractivity contribution < 1.29 is 14.6 Å². The molecule has 0 fully saturated rings. The Morgan fingerprint density at radius 1 is 1.26 bits per heavy atom. The van der Waals surface area contributed by atoms with Gasteiger partial charge in [0, 0.05) is 13.0 Å². The average molecular weight is 312 g/mol. The number of ether oxygens (including phenoxy) is 1. The molecule has 2 amide bonds. The summed E-state index contributed by atoms with van der Waals surface area (Å²) < 4.78 is 5.16. The standard InChI is InChI=1S/C18H20N2O3/c1-23-14-7-4-5-12(9-14)11-19-18(22)20-17-15-8-3-2-6-13(15)10-16(17)21/h2-9,16-17,21H,10-11H2,1H3,(H2,19,20,22). The summed E-state index contributed by atoms with van der Waals surface area (Å²) in [5.74, 6) is 0.754. The second-order valence-electron chi connectivity index (χ2n) is 5.63. The molecule has 3 rings (SSSR count). The molecule has 2 unspecified atom stereocenters. The molecule has 1 aliphatic carbocycles. The van der Waals surface area contributed by atoms with E-state index >= 15 is 0 Å². The van der Waals surface area contributed by atoms with Gasteiger partial charge < -0.3 is 20.5 Å². The number of carbonyl (C=O) groups excluding carboxylic acids is 1. The Bertz CT molecular complexity index is 702. The topological polar surface area (TPSA) is 70.6 Å². The van der Waals surface area contributed by atoms with Gasteiger partial charge in [-0.15, -0.1) is 0 Å². The van der Waals surface area contributed by atoms with Crippen LogP contribution in [0.25, 0.3) is 0 Å². The lowest BCUT2D eigenvalue weighted by molar-refractivity contribution is 0.142. The third kappa shape index (κ3) is 3.46. The van der Waals surface area contributed by atoms with Crippen LogP contribution in [0.3, 0.4) is 0 Å². The quantitative estimate of drug-likeness (QED) is 0.810. The van der Waals surface area contributed by atoms with Crippen LogP contribution in [-0.2, 0) is 13.0 Å². The molecule has 0 aromatic heterocycles. The Labute approximate surface area is 135 Å². The summed E-state index contributed by atoms with van der Waals surface area (Å²) in [6.45, 7) is 0.396. The zero-order chi connectivity index (χ0) is 16.2. The molecular weight excluding hydrogens is 292 g/mol. The van der Waals surface area contributed by atoms with Crippen LogP contribution in [-0.4, -0.2) is 24.4 Å². The lowest BCUT2D eigenvalue weighted by Crippen LogP contribution is -2.40. The second kappa shape index (κ2) is 6.71. The fraction of sp³-hybridized carbons (Fsp3) is 0.278. The summed E-state index contributed by atoms with van der Waals surface area (Å²) in [6.07, 6.45) is -0.0215. The summed E-state index contributed by atoms with van der Waals surface area (Å²) >= 11 is 0. The Balaban J connectivity index is 1.59. The minimum atomic E-state index is -0.588. The number of hydrogen-bond acceptors (Lipinski definition) is 3. The summed E-state index contributed by atoms with van der Waals surface area (Å²) in [5, 5.41) is 15.8. The van der Waals surface area contributed by atoms with E-state index in [1.165, 1.54) is 0 Å². The number of urea groups is 1. The Kier molecular flexibility index (Phi) is 4.48. The minimum Gasteiger partial charge on any atom is -0.497 e. The van der Waals surface area contributed by atoms with Crippen LogP contribution in [0, 0.1) is 0 Å². The van der Waals surface area contributed by atoms with Gasteiger partial charge in [-0.1, -0.05) is 36.4 Å². The van der Waals surface area contributed by atoms with E-state index in [1.807, 2.05) is 48.5 Å². The first-order chi connectivity index (χ1) is 11.2. The number of methoxy groups -OCH3 is 1. The van der Waals surface area contributed by atoms with Gasteiger partial charge in [0.05, 0.1) is 19.3 Å². The SMILES string of the molecule is COc1cccc(CNC(=O)NC2c3ccccc3CC2O)c1. The van der Waals surface area contributed by atoms with Gasteiger partial charge in [-0.25, -0.2) is 4.79 Å². The molecule has 120 valence electrons. The molecule has 2 aromatic rings. The molecule has 2 aromatic carbocycles. The van der Waals surface area contributed by atoms with E-state index in [1.54, 1.807) is 7.11 Å². The molecule has 1 aliphatic rings. The summed E-state index contributed by atoms with van der Waals surface area (Å²) in [5.41, 5.74) is 3.02. The molecule has 5 heteroatoms. The first-order valence-corrected chi connectivity index (χ1v) is 7.60. The van der Waals surface area contributed by atoms with Crippen LogP contribution in [0.1, 0.15) is 22.7 Å². The van der Waals surface area contributed by atoms with Crippen LogP contribution < -0.4 is 15.4 Å². The maximum atomic E-state index is 12.1. The molecule has 0 radical (unpaired) electrons. The van der Waals surface area contributed by atoms with E-state index in [9.17, 15) is 9.90 Å². The molecule has 23 heavy (non-hydrogen) atoms. The molecule has 5 nitrogen and oxygen atoms in total. The monoisotopic (exact) mass is 312 g/mol. The van der Waals surface area contributed by atoms with Crippen molar-refractivity contribution in [2.45, 2.75) is 25.1 Å². The molecule has 0 spiro atoms. The van der Waals surface area contributed by atoms with Crippen molar-refractivity contribution in [2.75, 3.05) is 7.11 Å². The van der Waals surface area contributed by atoms with E-state index in [0.29, 0.717) is 13.0 Å². The molecule has 0 heterocycles. The first-order valence-electron chi connectivity index (χ1n) is 7.60. The first kappa shape index (κ1) is 15.4. The van der Waals surface area contributed by atoms with E-state index < -0.39 is 6.10 Å². The van der Waals surface area contributed by atoms with Crippen molar-refractivity contribution in [3.8, 4) is 5.75 Å². The van der Waals surface area contributed by atoms with E-state index in [4.69, 9.17) is 4.74 Å². The largest absolute Gasteiger partial charge is 0.497 e. The Morgan fingerprint density at radius 2 is 2.09 bits per heavy atom. The van der Waals surface area contributed by atoms with Crippen LogP contribution >= 0.6 is 0 Å². The summed E-state index contributed by atoms with van der Waals surface area (Å²) in [7, 11) is 1.61. The van der Waals surface area contributed by atoms with Crippen molar-refractivity contribution in [1.82, 2.24) is 10.6 Å². The number of aliphatic hydroxyl groups is 1. The number of carbonyl (C=O) groups is 1. The van der Waals surface area contributed by atoms with Crippen LogP contribution in [0.4, 0.5) is 4.79 Å². The zero-order valence-corrected chi connectivity index (χ0v) is 13.0. The fourth-order valence-corrected chi connectivity index (χ4v) is 2.90. The number of nitrogens with one attached hydrogen (secondary N) is 2. The highest BCUT2D eigenvalue weighted by Gasteiger charge is 2.31. The van der Waals surface area contributed by atoms with Crippen molar-refractivity contribution in [1.29, 1.82) is 0 Å². The third-order valence-corrected chi connectivity index (χ3v) is 4.08. The maximum absolute atomic E-state index is 12.1. The molecule has 0 bridgehead atoms. The summed E-state index contributed by atoms with van der Waals surface area (Å²) in [4.78, 5) is 12.1. The molecular formula is C18H20N2O3. The molecule has 2 atom stereocenters. The van der Waals surface area contributed by atoms with Crippen LogP contribution in [0.5, 0.6) is 5.75 Å². The van der Waals surface area contributed by atoms with Gasteiger partial charge in [-0.3, -0.25) is 0 Å². The highest BCUT2D eigenvalue weighted by Crippen LogP contribution is 2.31. The van der Waals surface area contributed by atoms with Gasteiger partial charge in [0.2, 0.25) is 0 Å². The van der Waals surface area contributed by atoms with E-state index in [0.717, 1.165) is 22.4 Å². The Hall–Kier alpha value is -2.53. The van der Waals surface area contributed by atoms with Gasteiger partial charge in [-0.05, 0) is 28.8 Å². The van der Waals surface area contributed by atoms with Gasteiger partial charge in [-0.2, -0.15) is 0 Å². The fourth-order valence-electron chi connectivity index (χ4n) is 2.90. The molecule has 3 N–H and O–H groups in total. The lowest BCUT2D eigenvalue weighted by atomic mass is 10.1. The predicted octanol–water partition coefficient (Wildman–Crippen LogP) is 2.15. The second-order valence-corrected chi connectivity index (χ2v) is 5.63. The Morgan fingerprint density at radius 3 is 2.91 bits per heavy atom. The average Bonchev–Trinajstić information content (AvgIpc) is 2.89. The number of hydrogen-bond donors (Lipinski definition) is 3. The van der Waals surface area contributed by atoms with Gasteiger partial charge in [0.25, 0.3) is 0 Å². The third-order valence-electron chi connectivity index (χ3n) is 4.08. The predicted molar refractivity (Wildman–Crippen MR) is 87.3 cm³/mol. The van der Waals surface area contributed by atoms with Crippen molar-refractivity contribution in [3.05, 3.63) is 65.2 Å². The number of amides is 2. The van der Waals surface area contributed by atoms with Gasteiger partial charge >= 0.3 is 6.03 Å². The summed E-state index contributed by atoms with van der Waals surface area (Å²) in [6, 6.07) is 14.6. The van der Waals surface area contributed by atoms with Crippen molar-refractivity contribution in [2.24, 2.45) is 0 Å². The molecule has 0 saturated heterocycles. The maximum Gasteiger partial charge on any atom is 0.315 e. The van der Waals surface area contributed by atoms with Crippen molar-refractivity contribution >= 4 is 6.03 Å². The van der Waals surface area contributed by atoms with Crippen molar-refractivity contribution in [3.63, 3.8) is 0 Å². The van der Waals surface area contributed by atoms with E-state index in [-0.39, 0.29) is 12.1 Å². The number of aliphatic hydroxyl groups excluding tert-OH is 1. The molecule has 0 saturated carbocycles.